The number of fused-ring (bicyclic) bond motifs is 2. The lowest BCUT2D eigenvalue weighted by Gasteiger charge is -2.44. The maximum absolute atomic E-state index is 9.29. The van der Waals surface area contributed by atoms with E-state index in [4.69, 9.17) is 4.74 Å². The van der Waals surface area contributed by atoms with E-state index in [1.807, 2.05) is 0 Å². The minimum Gasteiger partial charge on any atom is -0.396 e. The van der Waals surface area contributed by atoms with Gasteiger partial charge < -0.3 is 9.84 Å². The van der Waals surface area contributed by atoms with Crippen LogP contribution in [0.4, 0.5) is 0 Å². The highest BCUT2D eigenvalue weighted by molar-refractivity contribution is 5.21. The zero-order valence-electron chi connectivity index (χ0n) is 6.68. The first-order valence-electron chi connectivity index (χ1n) is 4.58. The molecule has 0 bridgehead atoms. The topological polar surface area (TPSA) is 29.5 Å². The van der Waals surface area contributed by atoms with E-state index in [0.29, 0.717) is 12.5 Å². The molecule has 1 spiro atoms. The molecule has 3 aliphatic rings. The van der Waals surface area contributed by atoms with E-state index in [2.05, 4.69) is 0 Å². The molecular formula is C9H14O2. The minimum absolute atomic E-state index is 0.145. The Labute approximate surface area is 66.5 Å². The molecule has 2 saturated carbocycles. The molecule has 1 N–H and O–H groups in total. The van der Waals surface area contributed by atoms with Gasteiger partial charge in [-0.05, 0) is 31.6 Å². The Morgan fingerprint density at radius 3 is 2.64 bits per heavy atom. The van der Waals surface area contributed by atoms with E-state index in [0.717, 1.165) is 6.61 Å². The Hall–Kier alpha value is -0.0800. The molecule has 0 aromatic heterocycles. The van der Waals surface area contributed by atoms with E-state index in [-0.39, 0.29) is 11.0 Å². The molecule has 2 atom stereocenters. The summed E-state index contributed by atoms with van der Waals surface area (Å²) in [5.74, 6) is 0.702. The predicted octanol–water partition coefficient (Wildman–Crippen LogP) is 0.938. The van der Waals surface area contributed by atoms with Crippen LogP contribution in [0.1, 0.15) is 25.7 Å². The van der Waals surface area contributed by atoms with Gasteiger partial charge in [-0.15, -0.1) is 0 Å². The summed E-state index contributed by atoms with van der Waals surface area (Å²) in [5, 5.41) is 9.29. The van der Waals surface area contributed by atoms with Crippen LogP contribution in [0.3, 0.4) is 0 Å². The smallest absolute Gasteiger partial charge is 0.0764 e. The highest BCUT2D eigenvalue weighted by Crippen LogP contribution is 2.70. The molecular weight excluding hydrogens is 140 g/mol. The summed E-state index contributed by atoms with van der Waals surface area (Å²) in [7, 11) is 0. The zero-order chi connectivity index (χ0) is 7.53. The fraction of sp³-hybridized carbons (Fsp3) is 1.00. The van der Waals surface area contributed by atoms with Crippen molar-refractivity contribution in [3.63, 3.8) is 0 Å². The first kappa shape index (κ1) is 6.44. The summed E-state index contributed by atoms with van der Waals surface area (Å²) in [5.41, 5.74) is 0.373. The average Bonchev–Trinajstić information content (AvgIpc) is 2.57. The molecule has 62 valence electrons. The molecule has 0 aromatic rings. The lowest BCUT2D eigenvalue weighted by molar-refractivity contribution is -0.121. The van der Waals surface area contributed by atoms with Crippen LogP contribution < -0.4 is 0 Å². The third-order valence-electron chi connectivity index (χ3n) is 4.14. The number of aliphatic hydroxyl groups is 1. The molecule has 11 heavy (non-hydrogen) atoms. The van der Waals surface area contributed by atoms with Gasteiger partial charge in [0, 0.05) is 5.41 Å². The summed E-state index contributed by atoms with van der Waals surface area (Å²) in [4.78, 5) is 0. The minimum atomic E-state index is 0.145. The molecule has 1 heterocycles. The third kappa shape index (κ3) is 0.510. The Morgan fingerprint density at radius 2 is 2.27 bits per heavy atom. The van der Waals surface area contributed by atoms with Gasteiger partial charge in [-0.2, -0.15) is 0 Å². The molecule has 1 saturated heterocycles. The van der Waals surface area contributed by atoms with Crippen LogP contribution in [0.25, 0.3) is 0 Å². The molecule has 1 aliphatic heterocycles. The van der Waals surface area contributed by atoms with Gasteiger partial charge in [0.05, 0.1) is 18.8 Å². The van der Waals surface area contributed by atoms with Crippen LogP contribution >= 0.6 is 0 Å². The maximum Gasteiger partial charge on any atom is 0.0764 e. The second-order valence-corrected chi connectivity index (χ2v) is 4.37. The van der Waals surface area contributed by atoms with Gasteiger partial charge in [-0.1, -0.05) is 0 Å². The fourth-order valence-electron chi connectivity index (χ4n) is 3.04. The van der Waals surface area contributed by atoms with Crippen molar-refractivity contribution >= 4 is 0 Å². The molecule has 2 nitrogen and oxygen atoms in total. The summed E-state index contributed by atoms with van der Waals surface area (Å²) in [6.45, 7) is 1.28. The molecule has 2 heteroatoms. The maximum atomic E-state index is 9.29. The van der Waals surface area contributed by atoms with Gasteiger partial charge in [0.25, 0.3) is 0 Å². The standard InChI is InChI=1S/C9H14O2/c10-6-8-4-7(8)5-11-9(8)2-1-3-9/h7,10H,1-6H2. The SMILES string of the molecule is OCC12CC1COC21CCC1. The first-order valence-corrected chi connectivity index (χ1v) is 4.58. The average molecular weight is 154 g/mol. The van der Waals surface area contributed by atoms with Crippen LogP contribution in [0.15, 0.2) is 0 Å². The molecule has 3 rings (SSSR count). The van der Waals surface area contributed by atoms with Crippen LogP contribution in [0, 0.1) is 11.3 Å². The number of aliphatic hydroxyl groups excluding tert-OH is 1. The number of hydrogen-bond donors (Lipinski definition) is 1. The van der Waals surface area contributed by atoms with Crippen molar-refractivity contribution in [2.75, 3.05) is 13.2 Å². The monoisotopic (exact) mass is 154 g/mol. The highest BCUT2D eigenvalue weighted by Gasteiger charge is 2.72. The zero-order valence-corrected chi connectivity index (χ0v) is 6.68. The summed E-state index contributed by atoms with van der Waals surface area (Å²) in [6.07, 6.45) is 4.92. The van der Waals surface area contributed by atoms with Gasteiger partial charge in [0.15, 0.2) is 0 Å². The predicted molar refractivity (Wildman–Crippen MR) is 40.2 cm³/mol. The quantitative estimate of drug-likeness (QED) is 0.609. The molecule has 0 radical (unpaired) electrons. The highest BCUT2D eigenvalue weighted by atomic mass is 16.5. The summed E-state index contributed by atoms with van der Waals surface area (Å²) >= 11 is 0. The van der Waals surface area contributed by atoms with Crippen molar-refractivity contribution in [2.45, 2.75) is 31.3 Å². The van der Waals surface area contributed by atoms with Gasteiger partial charge in [-0.3, -0.25) is 0 Å². The van der Waals surface area contributed by atoms with Crippen molar-refractivity contribution in [3.8, 4) is 0 Å². The lowest BCUT2D eigenvalue weighted by atomic mass is 9.69. The molecule has 3 fully saturated rings. The number of hydrogen-bond acceptors (Lipinski definition) is 2. The van der Waals surface area contributed by atoms with E-state index >= 15 is 0 Å². The number of ether oxygens (including phenoxy) is 1. The van der Waals surface area contributed by atoms with Gasteiger partial charge in [-0.25, -0.2) is 0 Å². The van der Waals surface area contributed by atoms with E-state index in [1.165, 1.54) is 25.7 Å². The van der Waals surface area contributed by atoms with E-state index in [9.17, 15) is 5.11 Å². The van der Waals surface area contributed by atoms with Crippen LogP contribution in [-0.4, -0.2) is 23.9 Å². The van der Waals surface area contributed by atoms with E-state index < -0.39 is 0 Å². The van der Waals surface area contributed by atoms with Crippen molar-refractivity contribution in [2.24, 2.45) is 11.3 Å². The summed E-state index contributed by atoms with van der Waals surface area (Å²) in [6, 6.07) is 0. The fourth-order valence-corrected chi connectivity index (χ4v) is 3.04. The lowest BCUT2D eigenvalue weighted by Crippen LogP contribution is -2.47. The Morgan fingerprint density at radius 1 is 1.45 bits per heavy atom. The second-order valence-electron chi connectivity index (χ2n) is 4.37. The Kier molecular flexibility index (Phi) is 0.961. The third-order valence-corrected chi connectivity index (χ3v) is 4.14. The molecule has 2 aliphatic carbocycles. The van der Waals surface area contributed by atoms with Crippen molar-refractivity contribution in [1.29, 1.82) is 0 Å². The van der Waals surface area contributed by atoms with Gasteiger partial charge >= 0.3 is 0 Å². The summed E-state index contributed by atoms with van der Waals surface area (Å²) < 4.78 is 5.77. The second kappa shape index (κ2) is 1.64. The van der Waals surface area contributed by atoms with Gasteiger partial charge in [0.2, 0.25) is 0 Å². The first-order chi connectivity index (χ1) is 5.33. The van der Waals surface area contributed by atoms with Crippen LogP contribution in [0.5, 0.6) is 0 Å². The molecule has 0 aromatic carbocycles. The van der Waals surface area contributed by atoms with E-state index in [1.54, 1.807) is 0 Å². The number of rotatable bonds is 1. The Bertz CT molecular complexity index is 188. The largest absolute Gasteiger partial charge is 0.396 e. The van der Waals surface area contributed by atoms with Crippen LogP contribution in [0.2, 0.25) is 0 Å². The van der Waals surface area contributed by atoms with Crippen molar-refractivity contribution in [3.05, 3.63) is 0 Å². The molecule has 0 amide bonds. The Balaban J connectivity index is 1.94. The molecule has 2 unspecified atom stereocenters. The van der Waals surface area contributed by atoms with Crippen molar-refractivity contribution in [1.82, 2.24) is 0 Å². The van der Waals surface area contributed by atoms with Crippen LogP contribution in [-0.2, 0) is 4.74 Å². The van der Waals surface area contributed by atoms with Crippen molar-refractivity contribution < 1.29 is 9.84 Å². The normalized spacial score (nSPS) is 50.5. The van der Waals surface area contributed by atoms with Gasteiger partial charge in [0.1, 0.15) is 0 Å².